The zero-order valence-corrected chi connectivity index (χ0v) is 13.2. The number of rotatable bonds is 3. The van der Waals surface area contributed by atoms with Gasteiger partial charge in [-0.3, -0.25) is 0 Å². The van der Waals surface area contributed by atoms with Gasteiger partial charge in [-0.2, -0.15) is 0 Å². The van der Waals surface area contributed by atoms with Gasteiger partial charge in [-0.1, -0.05) is 0 Å². The van der Waals surface area contributed by atoms with Gasteiger partial charge in [0.2, 0.25) is 16.0 Å². The Morgan fingerprint density at radius 1 is 1.14 bits per heavy atom. The first kappa shape index (κ1) is 14.7. The van der Waals surface area contributed by atoms with Gasteiger partial charge < -0.3 is 4.90 Å². The van der Waals surface area contributed by atoms with Crippen molar-refractivity contribution in [3.8, 4) is 0 Å². The topological polar surface area (TPSA) is 66.4 Å². The van der Waals surface area contributed by atoms with Gasteiger partial charge in [0.25, 0.3) is 0 Å². The van der Waals surface area contributed by atoms with Crippen LogP contribution < -0.4 is 4.90 Å². The van der Waals surface area contributed by atoms with Crippen molar-refractivity contribution in [1.82, 2.24) is 14.3 Å². The highest BCUT2D eigenvalue weighted by Gasteiger charge is 2.42. The molecule has 0 aromatic carbocycles. The molecule has 3 heterocycles. The Kier molecular flexibility index (Phi) is 3.88. The third-order valence-corrected chi connectivity index (χ3v) is 6.70. The lowest BCUT2D eigenvalue weighted by Gasteiger charge is -2.38. The van der Waals surface area contributed by atoms with Gasteiger partial charge in [0, 0.05) is 38.6 Å². The standard InChI is InChI=1S/C14H22N4O2S/c1-2-21(19,20)18-10-5-14(6-11-18)4-9-17(12-14)13-15-7-3-8-16-13/h3,7-8H,2,4-6,9-12H2,1H3. The molecule has 0 radical (unpaired) electrons. The highest BCUT2D eigenvalue weighted by atomic mass is 32.2. The predicted octanol–water partition coefficient (Wildman–Crippen LogP) is 1.12. The quantitative estimate of drug-likeness (QED) is 0.837. The monoisotopic (exact) mass is 310 g/mol. The first-order chi connectivity index (χ1) is 10.0. The summed E-state index contributed by atoms with van der Waals surface area (Å²) in [5.74, 6) is 0.988. The smallest absolute Gasteiger partial charge is 0.225 e. The summed E-state index contributed by atoms with van der Waals surface area (Å²) in [6.45, 7) is 4.92. The summed E-state index contributed by atoms with van der Waals surface area (Å²) in [5.41, 5.74) is 0.235. The number of aromatic nitrogens is 2. The fourth-order valence-corrected chi connectivity index (χ4v) is 4.49. The summed E-state index contributed by atoms with van der Waals surface area (Å²) in [6, 6.07) is 1.82. The second-order valence-corrected chi connectivity index (χ2v) is 8.28. The molecule has 2 aliphatic rings. The average Bonchev–Trinajstić information content (AvgIpc) is 2.92. The Morgan fingerprint density at radius 3 is 2.38 bits per heavy atom. The molecule has 2 aliphatic heterocycles. The molecule has 3 rings (SSSR count). The van der Waals surface area contributed by atoms with Crippen molar-refractivity contribution in [2.45, 2.75) is 26.2 Å². The summed E-state index contributed by atoms with van der Waals surface area (Å²) in [5, 5.41) is 0. The molecule has 1 spiro atoms. The molecule has 0 bridgehead atoms. The van der Waals surface area contributed by atoms with Crippen LogP contribution in [0.1, 0.15) is 26.2 Å². The zero-order chi connectivity index (χ0) is 14.9. The summed E-state index contributed by atoms with van der Waals surface area (Å²) in [7, 11) is -3.04. The number of piperidine rings is 1. The minimum absolute atomic E-state index is 0.198. The zero-order valence-electron chi connectivity index (χ0n) is 12.4. The maximum atomic E-state index is 11.9. The van der Waals surface area contributed by atoms with Crippen LogP contribution in [-0.4, -0.2) is 54.6 Å². The second kappa shape index (κ2) is 5.53. The largest absolute Gasteiger partial charge is 0.340 e. The first-order valence-electron chi connectivity index (χ1n) is 7.54. The van der Waals surface area contributed by atoms with E-state index in [2.05, 4.69) is 14.9 Å². The minimum atomic E-state index is -3.04. The molecule has 6 nitrogen and oxygen atoms in total. The van der Waals surface area contributed by atoms with Gasteiger partial charge in [0.15, 0.2) is 0 Å². The van der Waals surface area contributed by atoms with Crippen LogP contribution in [0.2, 0.25) is 0 Å². The molecule has 116 valence electrons. The van der Waals surface area contributed by atoms with Crippen LogP contribution in [-0.2, 0) is 10.0 Å². The molecule has 1 aromatic heterocycles. The minimum Gasteiger partial charge on any atom is -0.340 e. The van der Waals surface area contributed by atoms with Crippen LogP contribution in [0.15, 0.2) is 18.5 Å². The van der Waals surface area contributed by atoms with Crippen molar-refractivity contribution in [2.24, 2.45) is 5.41 Å². The summed E-state index contributed by atoms with van der Waals surface area (Å²) < 4.78 is 25.5. The van der Waals surface area contributed by atoms with E-state index < -0.39 is 10.0 Å². The number of nitrogens with zero attached hydrogens (tertiary/aromatic N) is 4. The van der Waals surface area contributed by atoms with Crippen molar-refractivity contribution >= 4 is 16.0 Å². The molecular weight excluding hydrogens is 288 g/mol. The van der Waals surface area contributed by atoms with Crippen LogP contribution in [0, 0.1) is 5.41 Å². The van der Waals surface area contributed by atoms with Crippen LogP contribution in [0.5, 0.6) is 0 Å². The van der Waals surface area contributed by atoms with Gasteiger partial charge in [0.05, 0.1) is 5.75 Å². The average molecular weight is 310 g/mol. The Morgan fingerprint density at radius 2 is 1.76 bits per heavy atom. The fraction of sp³-hybridized carbons (Fsp3) is 0.714. The van der Waals surface area contributed by atoms with E-state index in [1.54, 1.807) is 23.6 Å². The SMILES string of the molecule is CCS(=O)(=O)N1CCC2(CCN(c3ncccn3)C2)CC1. The molecule has 0 N–H and O–H groups in total. The summed E-state index contributed by atoms with van der Waals surface area (Å²) in [6.07, 6.45) is 6.52. The Bertz CT molecular complexity index is 582. The molecule has 0 unspecified atom stereocenters. The molecule has 2 saturated heterocycles. The molecule has 21 heavy (non-hydrogen) atoms. The van der Waals surface area contributed by atoms with Gasteiger partial charge in [-0.15, -0.1) is 0 Å². The van der Waals surface area contributed by atoms with E-state index in [4.69, 9.17) is 0 Å². The van der Waals surface area contributed by atoms with E-state index in [-0.39, 0.29) is 11.2 Å². The lowest BCUT2D eigenvalue weighted by Crippen LogP contribution is -2.44. The van der Waals surface area contributed by atoms with Gasteiger partial charge >= 0.3 is 0 Å². The van der Waals surface area contributed by atoms with Crippen LogP contribution in [0.4, 0.5) is 5.95 Å². The molecule has 0 saturated carbocycles. The van der Waals surface area contributed by atoms with Gasteiger partial charge in [-0.25, -0.2) is 22.7 Å². The Labute approximate surface area is 126 Å². The lowest BCUT2D eigenvalue weighted by molar-refractivity contribution is 0.177. The van der Waals surface area contributed by atoms with Crippen LogP contribution in [0.25, 0.3) is 0 Å². The normalized spacial score (nSPS) is 22.8. The molecule has 1 aromatic rings. The molecule has 0 aliphatic carbocycles. The van der Waals surface area contributed by atoms with E-state index in [1.165, 1.54) is 0 Å². The maximum Gasteiger partial charge on any atom is 0.225 e. The highest BCUT2D eigenvalue weighted by Crippen LogP contribution is 2.41. The van der Waals surface area contributed by atoms with Crippen LogP contribution in [0.3, 0.4) is 0 Å². The number of hydrogen-bond donors (Lipinski definition) is 0. The van der Waals surface area contributed by atoms with Gasteiger partial charge in [-0.05, 0) is 37.7 Å². The highest BCUT2D eigenvalue weighted by molar-refractivity contribution is 7.89. The molecule has 2 fully saturated rings. The van der Waals surface area contributed by atoms with Gasteiger partial charge in [0.1, 0.15) is 0 Å². The maximum absolute atomic E-state index is 11.9. The number of anilines is 1. The summed E-state index contributed by atoms with van der Waals surface area (Å²) in [4.78, 5) is 10.9. The van der Waals surface area contributed by atoms with E-state index in [1.807, 2.05) is 6.07 Å². The predicted molar refractivity (Wildman–Crippen MR) is 81.6 cm³/mol. The van der Waals surface area contributed by atoms with E-state index in [9.17, 15) is 8.42 Å². The third-order valence-electron chi connectivity index (χ3n) is 4.81. The van der Waals surface area contributed by atoms with Crippen LogP contribution >= 0.6 is 0 Å². The second-order valence-electron chi connectivity index (χ2n) is 6.02. The van der Waals surface area contributed by atoms with Crippen molar-refractivity contribution < 1.29 is 8.42 Å². The van der Waals surface area contributed by atoms with Crippen molar-refractivity contribution in [3.05, 3.63) is 18.5 Å². The summed E-state index contributed by atoms with van der Waals surface area (Å²) >= 11 is 0. The molecule has 0 atom stereocenters. The van der Waals surface area contributed by atoms with Crippen molar-refractivity contribution in [3.63, 3.8) is 0 Å². The van der Waals surface area contributed by atoms with Crippen molar-refractivity contribution in [1.29, 1.82) is 0 Å². The lowest BCUT2D eigenvalue weighted by atomic mass is 9.78. The third kappa shape index (κ3) is 2.89. The Hall–Kier alpha value is -1.21. The number of sulfonamides is 1. The Balaban J connectivity index is 1.65. The van der Waals surface area contributed by atoms with Crippen molar-refractivity contribution in [2.75, 3.05) is 36.8 Å². The first-order valence-corrected chi connectivity index (χ1v) is 9.15. The van der Waals surface area contributed by atoms with E-state index >= 15 is 0 Å². The van der Waals surface area contributed by atoms with E-state index in [0.29, 0.717) is 13.1 Å². The number of hydrogen-bond acceptors (Lipinski definition) is 5. The molecule has 7 heteroatoms. The fourth-order valence-electron chi connectivity index (χ4n) is 3.39. The molecular formula is C14H22N4O2S. The van der Waals surface area contributed by atoms with E-state index in [0.717, 1.165) is 38.3 Å². The molecule has 0 amide bonds.